The summed E-state index contributed by atoms with van der Waals surface area (Å²) in [5.41, 5.74) is 0.712. The van der Waals surface area contributed by atoms with E-state index in [9.17, 15) is 9.18 Å². The lowest BCUT2D eigenvalue weighted by atomic mass is 10.2. The molecule has 1 aromatic carbocycles. The molecule has 0 unspecified atom stereocenters. The maximum absolute atomic E-state index is 13.0. The third kappa shape index (κ3) is 2.56. The first kappa shape index (κ1) is 13.2. The van der Waals surface area contributed by atoms with E-state index < -0.39 is 0 Å². The van der Waals surface area contributed by atoms with Gasteiger partial charge < -0.3 is 10.6 Å². The Kier molecular flexibility index (Phi) is 3.49. The highest BCUT2D eigenvalue weighted by molar-refractivity contribution is 9.10. The number of nitrogens with one attached hydrogen (secondary N) is 2. The molecule has 6 nitrogen and oxygen atoms in total. The van der Waals surface area contributed by atoms with Gasteiger partial charge in [0.25, 0.3) is 5.91 Å². The van der Waals surface area contributed by atoms with Crippen LogP contribution in [0.3, 0.4) is 0 Å². The van der Waals surface area contributed by atoms with Gasteiger partial charge in [-0.2, -0.15) is 0 Å². The van der Waals surface area contributed by atoms with Crippen molar-refractivity contribution in [1.82, 2.24) is 20.3 Å². The second-order valence-electron chi connectivity index (χ2n) is 4.47. The highest BCUT2D eigenvalue weighted by atomic mass is 79.9. The number of carbonyl (C=O) groups is 1. The molecule has 8 heteroatoms. The van der Waals surface area contributed by atoms with E-state index in [1.165, 1.54) is 18.2 Å². The number of rotatable bonds is 3. The van der Waals surface area contributed by atoms with Crippen molar-refractivity contribution in [1.29, 1.82) is 0 Å². The van der Waals surface area contributed by atoms with Crippen molar-refractivity contribution in [2.45, 2.75) is 6.04 Å². The van der Waals surface area contributed by atoms with E-state index >= 15 is 0 Å². The highest BCUT2D eigenvalue weighted by Gasteiger charge is 2.21. The Morgan fingerprint density at radius 2 is 2.30 bits per heavy atom. The molecule has 1 aromatic heterocycles. The molecule has 0 bridgehead atoms. The van der Waals surface area contributed by atoms with Crippen molar-refractivity contribution >= 4 is 27.5 Å². The molecule has 3 rings (SSSR count). The highest BCUT2D eigenvalue weighted by Crippen LogP contribution is 2.23. The number of halogens is 2. The standard InChI is InChI=1S/C12H11BrFN5O/c13-9-3-7(14)1-2-10(9)16-12(20)11-6-19(18-17-11)8-4-15-5-8/h1-3,6,8,15H,4-5H2,(H,16,20). The predicted molar refractivity (Wildman–Crippen MR) is 74.0 cm³/mol. The van der Waals surface area contributed by atoms with Gasteiger partial charge in [-0.1, -0.05) is 5.21 Å². The lowest BCUT2D eigenvalue weighted by Crippen LogP contribution is -2.43. The quantitative estimate of drug-likeness (QED) is 0.890. The molecule has 20 heavy (non-hydrogen) atoms. The zero-order chi connectivity index (χ0) is 14.1. The largest absolute Gasteiger partial charge is 0.319 e. The Morgan fingerprint density at radius 1 is 1.50 bits per heavy atom. The van der Waals surface area contributed by atoms with Crippen molar-refractivity contribution in [3.05, 3.63) is 40.4 Å². The molecular weight excluding hydrogens is 329 g/mol. The smallest absolute Gasteiger partial charge is 0.277 e. The molecule has 0 spiro atoms. The molecule has 2 heterocycles. The Morgan fingerprint density at radius 3 is 2.95 bits per heavy atom. The van der Waals surface area contributed by atoms with Gasteiger partial charge in [0.1, 0.15) is 5.82 Å². The summed E-state index contributed by atoms with van der Waals surface area (Å²) in [7, 11) is 0. The Bertz CT molecular complexity index is 655. The number of amides is 1. The van der Waals surface area contributed by atoms with Gasteiger partial charge in [-0.15, -0.1) is 5.10 Å². The SMILES string of the molecule is O=C(Nc1ccc(F)cc1Br)c1cn(C2CNC2)nn1. The van der Waals surface area contributed by atoms with Crippen LogP contribution in [0, 0.1) is 5.82 Å². The molecule has 1 amide bonds. The molecule has 2 N–H and O–H groups in total. The first-order valence-electron chi connectivity index (χ1n) is 6.02. The van der Waals surface area contributed by atoms with Crippen LogP contribution in [0.4, 0.5) is 10.1 Å². The van der Waals surface area contributed by atoms with E-state index in [0.717, 1.165) is 13.1 Å². The second-order valence-corrected chi connectivity index (χ2v) is 5.33. The van der Waals surface area contributed by atoms with E-state index in [0.29, 0.717) is 10.2 Å². The summed E-state index contributed by atoms with van der Waals surface area (Å²) in [6, 6.07) is 4.29. The van der Waals surface area contributed by atoms with Crippen molar-refractivity contribution < 1.29 is 9.18 Å². The van der Waals surface area contributed by atoms with E-state index in [1.807, 2.05) is 0 Å². The van der Waals surface area contributed by atoms with Gasteiger partial charge in [0.2, 0.25) is 0 Å². The summed E-state index contributed by atoms with van der Waals surface area (Å²) in [4.78, 5) is 12.0. The molecule has 104 valence electrons. The summed E-state index contributed by atoms with van der Waals surface area (Å²) in [5, 5.41) is 13.6. The first-order valence-corrected chi connectivity index (χ1v) is 6.82. The predicted octanol–water partition coefficient (Wildman–Crippen LogP) is 1.58. The van der Waals surface area contributed by atoms with E-state index in [2.05, 4.69) is 36.9 Å². The molecule has 1 aliphatic rings. The van der Waals surface area contributed by atoms with Crippen LogP contribution in [0.25, 0.3) is 0 Å². The number of carbonyl (C=O) groups excluding carboxylic acids is 1. The summed E-state index contributed by atoms with van der Waals surface area (Å²) in [6.07, 6.45) is 1.61. The molecular formula is C12H11BrFN5O. The summed E-state index contributed by atoms with van der Waals surface area (Å²) < 4.78 is 15.1. The Labute approximate surface area is 122 Å². The van der Waals surface area contributed by atoms with Crippen LogP contribution < -0.4 is 10.6 Å². The average Bonchev–Trinajstić information content (AvgIpc) is 2.80. The van der Waals surface area contributed by atoms with Crippen molar-refractivity contribution in [2.24, 2.45) is 0 Å². The minimum absolute atomic E-state index is 0.230. The summed E-state index contributed by atoms with van der Waals surface area (Å²) in [6.45, 7) is 1.65. The van der Waals surface area contributed by atoms with Crippen molar-refractivity contribution in [3.63, 3.8) is 0 Å². The van der Waals surface area contributed by atoms with Crippen LogP contribution in [-0.2, 0) is 0 Å². The van der Waals surface area contributed by atoms with E-state index in [4.69, 9.17) is 0 Å². The topological polar surface area (TPSA) is 71.8 Å². The fourth-order valence-electron chi connectivity index (χ4n) is 1.80. The van der Waals surface area contributed by atoms with Crippen LogP contribution in [0.1, 0.15) is 16.5 Å². The second kappa shape index (κ2) is 5.29. The molecule has 2 aromatic rings. The Hall–Kier alpha value is -1.80. The Balaban J connectivity index is 1.73. The number of hydrogen-bond acceptors (Lipinski definition) is 4. The number of benzene rings is 1. The normalized spacial score (nSPS) is 14.9. The van der Waals surface area contributed by atoms with Gasteiger partial charge in [-0.25, -0.2) is 9.07 Å². The van der Waals surface area contributed by atoms with Gasteiger partial charge in [0, 0.05) is 17.6 Å². The monoisotopic (exact) mass is 339 g/mol. The molecule has 1 fully saturated rings. The van der Waals surface area contributed by atoms with Gasteiger partial charge in [-0.3, -0.25) is 4.79 Å². The molecule has 1 saturated heterocycles. The van der Waals surface area contributed by atoms with Gasteiger partial charge >= 0.3 is 0 Å². The van der Waals surface area contributed by atoms with Crippen LogP contribution in [0.2, 0.25) is 0 Å². The van der Waals surface area contributed by atoms with Gasteiger partial charge in [-0.05, 0) is 34.1 Å². The number of nitrogens with zero attached hydrogens (tertiary/aromatic N) is 3. The van der Waals surface area contributed by atoms with Gasteiger partial charge in [0.05, 0.1) is 17.9 Å². The first-order chi connectivity index (χ1) is 9.63. The van der Waals surface area contributed by atoms with Gasteiger partial charge in [0.15, 0.2) is 5.69 Å². The number of anilines is 1. The minimum Gasteiger partial charge on any atom is -0.319 e. The fraction of sp³-hybridized carbons (Fsp3) is 0.250. The van der Waals surface area contributed by atoms with Crippen molar-refractivity contribution in [3.8, 4) is 0 Å². The third-order valence-corrected chi connectivity index (χ3v) is 3.71. The average molecular weight is 340 g/mol. The van der Waals surface area contributed by atoms with Crippen LogP contribution >= 0.6 is 15.9 Å². The van der Waals surface area contributed by atoms with E-state index in [-0.39, 0.29) is 23.5 Å². The fourth-order valence-corrected chi connectivity index (χ4v) is 2.25. The minimum atomic E-state index is -0.379. The lowest BCUT2D eigenvalue weighted by molar-refractivity contribution is 0.102. The zero-order valence-corrected chi connectivity index (χ0v) is 11.9. The van der Waals surface area contributed by atoms with Crippen LogP contribution in [-0.4, -0.2) is 34.0 Å². The molecule has 1 aliphatic heterocycles. The lowest BCUT2D eigenvalue weighted by Gasteiger charge is -2.26. The van der Waals surface area contributed by atoms with Crippen molar-refractivity contribution in [2.75, 3.05) is 18.4 Å². The van der Waals surface area contributed by atoms with Crippen LogP contribution in [0.15, 0.2) is 28.9 Å². The summed E-state index contributed by atoms with van der Waals surface area (Å²) in [5.74, 6) is -0.755. The molecule has 0 saturated carbocycles. The maximum atomic E-state index is 13.0. The number of hydrogen-bond donors (Lipinski definition) is 2. The molecule has 0 aliphatic carbocycles. The summed E-state index contributed by atoms with van der Waals surface area (Å²) >= 11 is 3.19. The third-order valence-electron chi connectivity index (χ3n) is 3.06. The molecule has 0 atom stereocenters. The maximum Gasteiger partial charge on any atom is 0.277 e. The van der Waals surface area contributed by atoms with E-state index in [1.54, 1.807) is 10.9 Å². The molecule has 0 radical (unpaired) electrons. The van der Waals surface area contributed by atoms with Crippen LogP contribution in [0.5, 0.6) is 0 Å². The number of aromatic nitrogens is 3. The zero-order valence-electron chi connectivity index (χ0n) is 10.3.